The zero-order valence-electron chi connectivity index (χ0n) is 15.1. The first-order chi connectivity index (χ1) is 13.4. The maximum atomic E-state index is 12.3. The maximum absolute atomic E-state index is 12.3. The minimum Gasteiger partial charge on any atom is -0.766 e. The Morgan fingerprint density at radius 3 is 2.17 bits per heavy atom. The minimum atomic E-state index is -5.16. The number of carbonyl (C=O) groups excluding carboxylic acids is 4. The van der Waals surface area contributed by atoms with Crippen molar-refractivity contribution in [3.63, 3.8) is 0 Å². The van der Waals surface area contributed by atoms with Gasteiger partial charge < -0.3 is 44.0 Å². The molecule has 0 heterocycles. The Hall–Kier alpha value is -2.79. The van der Waals surface area contributed by atoms with Gasteiger partial charge >= 0.3 is 0 Å². The number of nitrogens with zero attached hydrogens (tertiary/aromatic N) is 1. The van der Waals surface area contributed by atoms with Crippen LogP contribution in [0.2, 0.25) is 0 Å². The standard InChI is InChI=1S/C16H21N2O10P/c1-18(14(21)10-5-3-2-4-6-10)12(16(24)25)9-28-29(26,27)17-11(15(22)23)7-8-13(19)20/h2-6,11-12H,7-9H2,1H3,(H,19,20)(H,22,23)(H,24,25)(H2,17,26,27)/p-4/t11-,12-/m0/s1. The summed E-state index contributed by atoms with van der Waals surface area (Å²) >= 11 is 0. The molecular formula is C16H17N2O10P-4. The van der Waals surface area contributed by atoms with Crippen molar-refractivity contribution in [1.82, 2.24) is 9.99 Å². The summed E-state index contributed by atoms with van der Waals surface area (Å²) in [7, 11) is -4.07. The van der Waals surface area contributed by atoms with E-state index in [0.717, 1.165) is 7.05 Å². The first kappa shape index (κ1) is 24.2. The van der Waals surface area contributed by atoms with Gasteiger partial charge in [-0.15, -0.1) is 0 Å². The molecule has 13 heteroatoms. The highest BCUT2D eigenvalue weighted by Gasteiger charge is 2.25. The zero-order chi connectivity index (χ0) is 22.2. The van der Waals surface area contributed by atoms with Gasteiger partial charge in [-0.25, -0.2) is 5.09 Å². The molecule has 1 amide bonds. The number of carboxylic acid groups (broad SMARTS) is 3. The van der Waals surface area contributed by atoms with Crippen LogP contribution in [0.3, 0.4) is 0 Å². The lowest BCUT2D eigenvalue weighted by molar-refractivity contribution is -0.313. The van der Waals surface area contributed by atoms with E-state index in [9.17, 15) is 44.0 Å². The summed E-state index contributed by atoms with van der Waals surface area (Å²) in [6.45, 7) is -1.08. The molecule has 1 unspecified atom stereocenters. The van der Waals surface area contributed by atoms with Crippen LogP contribution in [0.1, 0.15) is 23.2 Å². The predicted molar refractivity (Wildman–Crippen MR) is 87.1 cm³/mol. The Balaban J connectivity index is 2.82. The van der Waals surface area contributed by atoms with Crippen LogP contribution in [0.25, 0.3) is 0 Å². The van der Waals surface area contributed by atoms with Crippen LogP contribution in [-0.4, -0.2) is 54.5 Å². The largest absolute Gasteiger partial charge is 0.766 e. The number of carboxylic acids is 3. The van der Waals surface area contributed by atoms with Crippen LogP contribution in [0, 0.1) is 0 Å². The second-order valence-corrected chi connectivity index (χ2v) is 7.33. The van der Waals surface area contributed by atoms with Gasteiger partial charge in [-0.05, 0) is 25.0 Å². The zero-order valence-corrected chi connectivity index (χ0v) is 16.0. The number of hydrogen-bond acceptors (Lipinski definition) is 10. The highest BCUT2D eigenvalue weighted by atomic mass is 31.2. The Bertz CT molecular complexity index is 800. The molecule has 0 aromatic heterocycles. The maximum Gasteiger partial charge on any atom is 0.254 e. The quantitative estimate of drug-likeness (QED) is 0.315. The van der Waals surface area contributed by atoms with Gasteiger partial charge in [0, 0.05) is 18.6 Å². The number of benzene rings is 1. The van der Waals surface area contributed by atoms with Crippen LogP contribution < -0.4 is 25.3 Å². The first-order valence-electron chi connectivity index (χ1n) is 8.11. The molecule has 1 rings (SSSR count). The van der Waals surface area contributed by atoms with E-state index in [-0.39, 0.29) is 5.56 Å². The van der Waals surface area contributed by atoms with E-state index in [4.69, 9.17) is 0 Å². The summed E-state index contributed by atoms with van der Waals surface area (Å²) in [6.07, 6.45) is -1.46. The second-order valence-electron chi connectivity index (χ2n) is 5.82. The lowest BCUT2D eigenvalue weighted by Gasteiger charge is -2.34. The molecule has 160 valence electrons. The molecule has 0 aliphatic heterocycles. The fraction of sp³-hybridized carbons (Fsp3) is 0.375. The average molecular weight is 428 g/mol. The van der Waals surface area contributed by atoms with Crippen LogP contribution in [0.4, 0.5) is 0 Å². The number of amides is 1. The first-order valence-corrected chi connectivity index (χ1v) is 9.66. The van der Waals surface area contributed by atoms with Gasteiger partial charge in [-0.2, -0.15) is 0 Å². The smallest absolute Gasteiger partial charge is 0.254 e. The van der Waals surface area contributed by atoms with E-state index in [1.165, 1.54) is 24.3 Å². The van der Waals surface area contributed by atoms with E-state index >= 15 is 0 Å². The number of likely N-dealkylation sites (N-methyl/N-ethyl adjacent to an activating group) is 1. The highest BCUT2D eigenvalue weighted by Crippen LogP contribution is 2.33. The van der Waals surface area contributed by atoms with Crippen molar-refractivity contribution in [2.75, 3.05) is 13.7 Å². The molecule has 1 aromatic rings. The lowest BCUT2D eigenvalue weighted by atomic mass is 10.1. The molecule has 0 fully saturated rings. The molecule has 0 aliphatic carbocycles. The van der Waals surface area contributed by atoms with Crippen LogP contribution >= 0.6 is 7.75 Å². The van der Waals surface area contributed by atoms with Gasteiger partial charge in [0.15, 0.2) is 0 Å². The molecular weight excluding hydrogens is 411 g/mol. The fourth-order valence-corrected chi connectivity index (χ4v) is 3.19. The van der Waals surface area contributed by atoms with Crippen molar-refractivity contribution < 1.29 is 48.5 Å². The monoisotopic (exact) mass is 428 g/mol. The van der Waals surface area contributed by atoms with Gasteiger partial charge in [0.1, 0.15) is 0 Å². The van der Waals surface area contributed by atoms with Crippen molar-refractivity contribution >= 4 is 31.6 Å². The normalized spacial score (nSPS) is 15.0. The SMILES string of the molecule is CN(C(=O)c1ccccc1)[C@@H](COP(=O)([O-])N[C@@H](CCC(=O)[O-])C(=O)[O-])C(=O)[O-]. The number of rotatable bonds is 12. The van der Waals surface area contributed by atoms with Gasteiger partial charge in [0.05, 0.1) is 30.6 Å². The van der Waals surface area contributed by atoms with Crippen LogP contribution in [-0.2, 0) is 23.5 Å². The third kappa shape index (κ3) is 8.00. The molecule has 0 radical (unpaired) electrons. The Morgan fingerprint density at radius 2 is 1.69 bits per heavy atom. The lowest BCUT2D eigenvalue weighted by Crippen LogP contribution is -2.52. The van der Waals surface area contributed by atoms with Crippen molar-refractivity contribution in [3.05, 3.63) is 35.9 Å². The molecule has 3 atom stereocenters. The van der Waals surface area contributed by atoms with E-state index in [2.05, 4.69) is 4.52 Å². The Morgan fingerprint density at radius 1 is 1.10 bits per heavy atom. The summed E-state index contributed by atoms with van der Waals surface area (Å²) in [5, 5.41) is 34.2. The number of hydrogen-bond donors (Lipinski definition) is 1. The molecule has 0 bridgehead atoms. The second kappa shape index (κ2) is 10.7. The predicted octanol–water partition coefficient (Wildman–Crippen LogP) is -4.40. The molecule has 0 saturated heterocycles. The van der Waals surface area contributed by atoms with Gasteiger partial charge in [-0.3, -0.25) is 9.36 Å². The van der Waals surface area contributed by atoms with Crippen molar-refractivity contribution in [2.24, 2.45) is 0 Å². The topological polar surface area (TPSA) is 202 Å². The molecule has 0 spiro atoms. The van der Waals surface area contributed by atoms with Gasteiger partial charge in [0.2, 0.25) is 7.75 Å². The fourth-order valence-electron chi connectivity index (χ4n) is 2.16. The molecule has 0 saturated carbocycles. The third-order valence-electron chi connectivity index (χ3n) is 3.72. The van der Waals surface area contributed by atoms with Crippen molar-refractivity contribution in [1.29, 1.82) is 0 Å². The van der Waals surface area contributed by atoms with Crippen LogP contribution in [0.5, 0.6) is 0 Å². The highest BCUT2D eigenvalue weighted by molar-refractivity contribution is 7.49. The Labute approximate surface area is 165 Å². The summed E-state index contributed by atoms with van der Waals surface area (Å²) in [5.74, 6) is -6.10. The number of carbonyl (C=O) groups is 4. The van der Waals surface area contributed by atoms with E-state index < -0.39 is 63.1 Å². The van der Waals surface area contributed by atoms with Gasteiger partial charge in [0.25, 0.3) is 5.91 Å². The molecule has 12 nitrogen and oxygen atoms in total. The van der Waals surface area contributed by atoms with Crippen molar-refractivity contribution in [3.8, 4) is 0 Å². The minimum absolute atomic E-state index is 0.129. The van der Waals surface area contributed by atoms with E-state index in [1.54, 1.807) is 11.2 Å². The average Bonchev–Trinajstić information content (AvgIpc) is 2.64. The van der Waals surface area contributed by atoms with E-state index in [1.807, 2.05) is 0 Å². The summed E-state index contributed by atoms with van der Waals surface area (Å²) in [5.41, 5.74) is 0.129. The van der Waals surface area contributed by atoms with E-state index in [0.29, 0.717) is 4.90 Å². The third-order valence-corrected chi connectivity index (χ3v) is 4.84. The number of nitrogens with one attached hydrogen (secondary N) is 1. The molecule has 0 aliphatic rings. The Kier molecular flexibility index (Phi) is 8.92. The van der Waals surface area contributed by atoms with Crippen molar-refractivity contribution in [2.45, 2.75) is 24.9 Å². The molecule has 1 N–H and O–H groups in total. The van der Waals surface area contributed by atoms with Crippen LogP contribution in [0.15, 0.2) is 30.3 Å². The molecule has 1 aromatic carbocycles. The summed E-state index contributed by atoms with van der Waals surface area (Å²) in [6, 6.07) is 3.76. The number of aliphatic carboxylic acids is 3. The molecule has 29 heavy (non-hydrogen) atoms. The van der Waals surface area contributed by atoms with Gasteiger partial charge in [-0.1, -0.05) is 18.2 Å². The summed E-state index contributed by atoms with van der Waals surface area (Å²) in [4.78, 5) is 57.6. The summed E-state index contributed by atoms with van der Waals surface area (Å²) < 4.78 is 16.4.